The van der Waals surface area contributed by atoms with Gasteiger partial charge in [0.05, 0.1) is 0 Å². The molecule has 6 nitrogen and oxygen atoms in total. The Labute approximate surface area is 173 Å². The van der Waals surface area contributed by atoms with Crippen LogP contribution in [0.4, 0.5) is 0 Å². The van der Waals surface area contributed by atoms with Crippen LogP contribution in [0, 0.1) is 17.3 Å². The molecule has 3 atom stereocenters. The number of likely N-dealkylation sites (tertiary alicyclic amines) is 2. The maximum atomic E-state index is 13.0. The van der Waals surface area contributed by atoms with Gasteiger partial charge in [-0.25, -0.2) is 0 Å². The van der Waals surface area contributed by atoms with Crippen molar-refractivity contribution in [3.8, 4) is 0 Å². The van der Waals surface area contributed by atoms with Gasteiger partial charge in [-0.15, -0.1) is 0 Å². The first-order valence-corrected chi connectivity index (χ1v) is 10.6. The lowest BCUT2D eigenvalue weighted by atomic mass is 9.81. The molecule has 2 aliphatic heterocycles. The number of amides is 3. The van der Waals surface area contributed by atoms with E-state index in [1.54, 1.807) is 4.90 Å². The van der Waals surface area contributed by atoms with Crippen LogP contribution in [0.1, 0.15) is 45.6 Å². The first-order valence-electron chi connectivity index (χ1n) is 10.6. The van der Waals surface area contributed by atoms with E-state index in [1.807, 2.05) is 56.0 Å². The van der Waals surface area contributed by atoms with Crippen LogP contribution >= 0.6 is 0 Å². The summed E-state index contributed by atoms with van der Waals surface area (Å²) >= 11 is 0. The lowest BCUT2D eigenvalue weighted by Crippen LogP contribution is -2.49. The summed E-state index contributed by atoms with van der Waals surface area (Å²) in [6, 6.07) is 9.05. The van der Waals surface area contributed by atoms with E-state index in [9.17, 15) is 14.4 Å². The van der Waals surface area contributed by atoms with Crippen molar-refractivity contribution < 1.29 is 14.4 Å². The topological polar surface area (TPSA) is 83.7 Å². The van der Waals surface area contributed by atoms with Gasteiger partial charge in [0, 0.05) is 37.9 Å². The summed E-state index contributed by atoms with van der Waals surface area (Å²) in [5, 5.41) is 0. The summed E-state index contributed by atoms with van der Waals surface area (Å²) in [7, 11) is 0. The Morgan fingerprint density at radius 2 is 1.76 bits per heavy atom. The van der Waals surface area contributed by atoms with Gasteiger partial charge in [-0.1, -0.05) is 51.1 Å². The van der Waals surface area contributed by atoms with Crippen LogP contribution in [0.2, 0.25) is 0 Å². The monoisotopic (exact) mass is 399 g/mol. The second kappa shape index (κ2) is 8.56. The number of fused-ring (bicyclic) bond motifs is 1. The zero-order chi connectivity index (χ0) is 21.2. The zero-order valence-corrected chi connectivity index (χ0v) is 17.8. The second-order valence-electron chi connectivity index (χ2n) is 9.50. The van der Waals surface area contributed by atoms with Crippen molar-refractivity contribution in [3.63, 3.8) is 0 Å². The van der Waals surface area contributed by atoms with Gasteiger partial charge in [0.25, 0.3) is 0 Å². The Bertz CT molecular complexity index is 756. The van der Waals surface area contributed by atoms with Gasteiger partial charge in [-0.05, 0) is 30.2 Å². The van der Waals surface area contributed by atoms with E-state index >= 15 is 0 Å². The number of carbonyl (C=O) groups excluding carboxylic acids is 3. The van der Waals surface area contributed by atoms with Crippen molar-refractivity contribution in [2.75, 3.05) is 19.6 Å². The molecule has 3 amide bonds. The van der Waals surface area contributed by atoms with Crippen LogP contribution in [-0.4, -0.2) is 53.2 Å². The Kier molecular flexibility index (Phi) is 6.30. The summed E-state index contributed by atoms with van der Waals surface area (Å²) in [4.78, 5) is 41.6. The molecule has 0 unspecified atom stereocenters. The molecule has 2 saturated heterocycles. The molecule has 2 N–H and O–H groups in total. The molecule has 0 saturated carbocycles. The summed E-state index contributed by atoms with van der Waals surface area (Å²) in [6.45, 7) is 7.75. The maximum Gasteiger partial charge on any atom is 0.240 e. The first-order chi connectivity index (χ1) is 13.7. The third-order valence-corrected chi connectivity index (χ3v) is 6.29. The summed E-state index contributed by atoms with van der Waals surface area (Å²) < 4.78 is 0. The third kappa shape index (κ3) is 4.98. The number of hydrogen-bond acceptors (Lipinski definition) is 3. The van der Waals surface area contributed by atoms with E-state index < -0.39 is 17.4 Å². The summed E-state index contributed by atoms with van der Waals surface area (Å²) in [5.41, 5.74) is 6.30. The minimum Gasteiger partial charge on any atom is -0.368 e. The highest BCUT2D eigenvalue weighted by molar-refractivity contribution is 5.87. The molecule has 29 heavy (non-hydrogen) atoms. The number of nitrogens with zero attached hydrogens (tertiary/aromatic N) is 2. The van der Waals surface area contributed by atoms with E-state index in [4.69, 9.17) is 5.73 Å². The number of primary amides is 1. The normalized spacial score (nSPS) is 23.9. The molecule has 3 rings (SSSR count). The highest BCUT2D eigenvalue weighted by Crippen LogP contribution is 2.34. The van der Waals surface area contributed by atoms with Gasteiger partial charge in [0.2, 0.25) is 17.7 Å². The van der Waals surface area contributed by atoms with Gasteiger partial charge >= 0.3 is 0 Å². The summed E-state index contributed by atoms with van der Waals surface area (Å²) in [5.74, 6) is 0.267. The Morgan fingerprint density at radius 1 is 1.10 bits per heavy atom. The number of rotatable bonds is 4. The predicted molar refractivity (Wildman–Crippen MR) is 112 cm³/mol. The maximum absolute atomic E-state index is 13.0. The highest BCUT2D eigenvalue weighted by Gasteiger charge is 2.40. The smallest absolute Gasteiger partial charge is 0.240 e. The molecule has 0 aliphatic carbocycles. The van der Waals surface area contributed by atoms with Gasteiger partial charge in [0.1, 0.15) is 6.04 Å². The average molecular weight is 400 g/mol. The second-order valence-corrected chi connectivity index (χ2v) is 9.50. The van der Waals surface area contributed by atoms with Crippen LogP contribution in [0.3, 0.4) is 0 Å². The lowest BCUT2D eigenvalue weighted by Gasteiger charge is -2.40. The van der Waals surface area contributed by atoms with Gasteiger partial charge in [0.15, 0.2) is 0 Å². The Morgan fingerprint density at radius 3 is 2.38 bits per heavy atom. The van der Waals surface area contributed by atoms with Gasteiger partial charge in [-0.2, -0.15) is 0 Å². The van der Waals surface area contributed by atoms with Crippen LogP contribution in [-0.2, 0) is 20.8 Å². The predicted octanol–water partition coefficient (Wildman–Crippen LogP) is 2.22. The van der Waals surface area contributed by atoms with E-state index in [0.717, 1.165) is 18.4 Å². The lowest BCUT2D eigenvalue weighted by molar-refractivity contribution is -0.142. The molecule has 158 valence electrons. The molecule has 0 spiro atoms. The molecule has 0 radical (unpaired) electrons. The molecule has 6 heteroatoms. The molecular formula is C23H33N3O3. The van der Waals surface area contributed by atoms with E-state index in [1.165, 1.54) is 0 Å². The van der Waals surface area contributed by atoms with Crippen molar-refractivity contribution in [2.24, 2.45) is 23.0 Å². The summed E-state index contributed by atoms with van der Waals surface area (Å²) in [6.07, 6.45) is 2.50. The van der Waals surface area contributed by atoms with E-state index in [-0.39, 0.29) is 23.7 Å². The molecule has 0 bridgehead atoms. The van der Waals surface area contributed by atoms with E-state index in [2.05, 4.69) is 0 Å². The first kappa shape index (κ1) is 21.3. The van der Waals surface area contributed by atoms with Crippen LogP contribution < -0.4 is 5.73 Å². The number of nitrogens with two attached hydrogens (primary N) is 1. The van der Waals surface area contributed by atoms with Crippen molar-refractivity contribution in [2.45, 2.75) is 52.5 Å². The standard InChI is InChI=1S/C23H33N3O3/c1-23(2,3)22(29)25-11-9-17-14-20(27)26(12-10-18(17)15-25)19(21(24)28)13-16-7-5-4-6-8-16/h4-8,17-19H,9-15H2,1-3H3,(H2,24,28)/t17-,18+,19+/m1/s1. The molecule has 1 aromatic rings. The Balaban J connectivity index is 1.72. The fourth-order valence-corrected chi connectivity index (χ4v) is 4.64. The molecule has 2 heterocycles. The largest absolute Gasteiger partial charge is 0.368 e. The third-order valence-electron chi connectivity index (χ3n) is 6.29. The fourth-order valence-electron chi connectivity index (χ4n) is 4.64. The van der Waals surface area contributed by atoms with Gasteiger partial charge in [-0.3, -0.25) is 14.4 Å². The number of hydrogen-bond donors (Lipinski definition) is 1. The minimum atomic E-state index is -0.627. The zero-order valence-electron chi connectivity index (χ0n) is 17.8. The van der Waals surface area contributed by atoms with Crippen molar-refractivity contribution in [1.29, 1.82) is 0 Å². The molecule has 1 aromatic carbocycles. The number of piperidine rings is 1. The minimum absolute atomic E-state index is 0.00725. The Hall–Kier alpha value is -2.37. The molecule has 0 aromatic heterocycles. The van der Waals surface area contributed by atoms with E-state index in [0.29, 0.717) is 32.5 Å². The molecular weight excluding hydrogens is 366 g/mol. The average Bonchev–Trinajstić information content (AvgIpc) is 2.83. The van der Waals surface area contributed by atoms with Crippen molar-refractivity contribution in [3.05, 3.63) is 35.9 Å². The fraction of sp³-hybridized carbons (Fsp3) is 0.609. The van der Waals surface area contributed by atoms with Gasteiger partial charge < -0.3 is 15.5 Å². The highest BCUT2D eigenvalue weighted by atomic mass is 16.2. The van der Waals surface area contributed by atoms with Crippen LogP contribution in [0.25, 0.3) is 0 Å². The SMILES string of the molecule is CC(C)(C)C(=O)N1CC[C@@H]2CC(=O)N([C@@H](Cc3ccccc3)C(N)=O)CC[C@H]2C1. The number of carbonyl (C=O) groups is 3. The van der Waals surface area contributed by atoms with Crippen LogP contribution in [0.5, 0.6) is 0 Å². The van der Waals surface area contributed by atoms with Crippen LogP contribution in [0.15, 0.2) is 30.3 Å². The molecule has 2 aliphatic rings. The molecule has 2 fully saturated rings. The van der Waals surface area contributed by atoms with Crippen molar-refractivity contribution in [1.82, 2.24) is 9.80 Å². The van der Waals surface area contributed by atoms with Crippen molar-refractivity contribution >= 4 is 17.7 Å². The quantitative estimate of drug-likeness (QED) is 0.843. The number of benzene rings is 1.